The molecule has 1 rings (SSSR count). The van der Waals surface area contributed by atoms with Crippen molar-refractivity contribution >= 4 is 12.0 Å². The molecule has 18 heavy (non-hydrogen) atoms. The van der Waals surface area contributed by atoms with E-state index in [-0.39, 0.29) is 6.54 Å². The minimum atomic E-state index is -0.995. The van der Waals surface area contributed by atoms with Crippen LogP contribution in [0.3, 0.4) is 0 Å². The topological polar surface area (TPSA) is 117 Å². The second-order valence-corrected chi connectivity index (χ2v) is 4.40. The van der Waals surface area contributed by atoms with Crippen molar-refractivity contribution in [3.05, 3.63) is 12.2 Å². The highest BCUT2D eigenvalue weighted by molar-refractivity contribution is 5.77. The van der Waals surface area contributed by atoms with Gasteiger partial charge in [-0.2, -0.15) is 4.98 Å². The molecular formula is C10H16N4O4. The van der Waals surface area contributed by atoms with E-state index in [1.807, 2.05) is 0 Å². The molecule has 1 heterocycles. The molecule has 8 nitrogen and oxygen atoms in total. The Bertz CT molecular complexity index is 402. The summed E-state index contributed by atoms with van der Waals surface area (Å²) in [6, 6.07) is -0.423. The van der Waals surface area contributed by atoms with Crippen LogP contribution in [0.4, 0.5) is 4.79 Å². The van der Waals surface area contributed by atoms with Crippen LogP contribution in [-0.4, -0.2) is 40.3 Å². The Labute approximate surface area is 104 Å². The lowest BCUT2D eigenvalue weighted by Gasteiger charge is -2.19. The number of amides is 2. The summed E-state index contributed by atoms with van der Waals surface area (Å²) in [6.07, 6.45) is 1.66. The molecule has 0 aliphatic carbocycles. The highest BCUT2D eigenvalue weighted by Crippen LogP contribution is 2.12. The number of aromatic nitrogens is 2. The monoisotopic (exact) mass is 256 g/mol. The van der Waals surface area contributed by atoms with E-state index in [9.17, 15) is 9.59 Å². The SMILES string of the molecule is CC(C)(CNC(=O)NCCc1ncon1)C(=O)O. The maximum Gasteiger partial charge on any atom is 0.314 e. The van der Waals surface area contributed by atoms with Gasteiger partial charge < -0.3 is 20.3 Å². The highest BCUT2D eigenvalue weighted by Gasteiger charge is 2.27. The number of hydrogen-bond acceptors (Lipinski definition) is 5. The van der Waals surface area contributed by atoms with Gasteiger partial charge in [-0.1, -0.05) is 5.16 Å². The molecule has 1 aromatic heterocycles. The molecule has 0 atom stereocenters. The Morgan fingerprint density at radius 1 is 1.44 bits per heavy atom. The van der Waals surface area contributed by atoms with Crippen molar-refractivity contribution < 1.29 is 19.2 Å². The van der Waals surface area contributed by atoms with Crippen LogP contribution >= 0.6 is 0 Å². The molecule has 0 fully saturated rings. The first-order valence-corrected chi connectivity index (χ1v) is 5.42. The number of carboxylic acid groups (broad SMARTS) is 1. The number of aliphatic carboxylic acids is 1. The van der Waals surface area contributed by atoms with Crippen LogP contribution in [0.2, 0.25) is 0 Å². The number of carbonyl (C=O) groups excluding carboxylic acids is 1. The smallest absolute Gasteiger partial charge is 0.314 e. The molecule has 1 aromatic rings. The number of nitrogens with one attached hydrogen (secondary N) is 2. The summed E-state index contributed by atoms with van der Waals surface area (Å²) in [7, 11) is 0. The molecule has 0 aromatic carbocycles. The molecule has 0 radical (unpaired) electrons. The molecule has 0 saturated carbocycles. The quantitative estimate of drug-likeness (QED) is 0.660. The maximum absolute atomic E-state index is 11.4. The average molecular weight is 256 g/mol. The summed E-state index contributed by atoms with van der Waals surface area (Å²) in [5, 5.41) is 17.5. The van der Waals surface area contributed by atoms with Gasteiger partial charge in [-0.25, -0.2) is 4.79 Å². The van der Waals surface area contributed by atoms with Gasteiger partial charge in [0.2, 0.25) is 6.39 Å². The molecule has 100 valence electrons. The van der Waals surface area contributed by atoms with Crippen LogP contribution in [0.5, 0.6) is 0 Å². The summed E-state index contributed by atoms with van der Waals surface area (Å²) in [5.41, 5.74) is -0.995. The zero-order valence-electron chi connectivity index (χ0n) is 10.3. The van der Waals surface area contributed by atoms with Crippen LogP contribution in [0.25, 0.3) is 0 Å². The van der Waals surface area contributed by atoms with E-state index in [0.717, 1.165) is 0 Å². The van der Waals surface area contributed by atoms with Crippen LogP contribution < -0.4 is 10.6 Å². The second kappa shape index (κ2) is 5.99. The third-order valence-corrected chi connectivity index (χ3v) is 2.31. The first kappa shape index (κ1) is 13.9. The molecule has 0 unspecified atom stereocenters. The van der Waals surface area contributed by atoms with Gasteiger partial charge in [0.15, 0.2) is 5.82 Å². The van der Waals surface area contributed by atoms with Crippen LogP contribution in [0.1, 0.15) is 19.7 Å². The van der Waals surface area contributed by atoms with Crippen molar-refractivity contribution in [3.8, 4) is 0 Å². The third-order valence-electron chi connectivity index (χ3n) is 2.31. The van der Waals surface area contributed by atoms with Gasteiger partial charge in [-0.15, -0.1) is 0 Å². The number of nitrogens with zero attached hydrogens (tertiary/aromatic N) is 2. The van der Waals surface area contributed by atoms with E-state index >= 15 is 0 Å². The van der Waals surface area contributed by atoms with E-state index < -0.39 is 17.4 Å². The van der Waals surface area contributed by atoms with E-state index in [2.05, 4.69) is 25.3 Å². The number of urea groups is 1. The predicted molar refractivity (Wildman–Crippen MR) is 60.8 cm³/mol. The molecule has 0 saturated heterocycles. The Balaban J connectivity index is 2.20. The lowest BCUT2D eigenvalue weighted by molar-refractivity contribution is -0.146. The lowest BCUT2D eigenvalue weighted by Crippen LogP contribution is -2.44. The Hall–Kier alpha value is -2.12. The molecule has 0 aliphatic rings. The van der Waals surface area contributed by atoms with Crippen molar-refractivity contribution in [1.29, 1.82) is 0 Å². The molecule has 0 spiro atoms. The predicted octanol–water partition coefficient (Wildman–Crippen LogP) is 0.0221. The van der Waals surface area contributed by atoms with Crippen molar-refractivity contribution in [2.24, 2.45) is 5.41 Å². The number of rotatable bonds is 6. The minimum Gasteiger partial charge on any atom is -0.481 e. The maximum atomic E-state index is 11.4. The van der Waals surface area contributed by atoms with E-state index in [4.69, 9.17) is 5.11 Å². The Kier molecular flexibility index (Phi) is 4.64. The van der Waals surface area contributed by atoms with Gasteiger partial charge in [0.1, 0.15) is 0 Å². The number of hydrogen-bond donors (Lipinski definition) is 3. The van der Waals surface area contributed by atoms with Gasteiger partial charge in [0, 0.05) is 19.5 Å². The standard InChI is InChI=1S/C10H16N4O4/c1-10(2,8(15)16)5-12-9(17)11-4-3-7-13-6-18-14-7/h6H,3-5H2,1-2H3,(H,15,16)(H2,11,12,17). The normalized spacial score (nSPS) is 11.0. The minimum absolute atomic E-state index is 0.0520. The Morgan fingerprint density at radius 3 is 2.72 bits per heavy atom. The zero-order chi connectivity index (χ0) is 13.6. The second-order valence-electron chi connectivity index (χ2n) is 4.40. The van der Waals surface area contributed by atoms with E-state index in [1.165, 1.54) is 20.2 Å². The summed E-state index contributed by atoms with van der Waals surface area (Å²) in [4.78, 5) is 26.0. The zero-order valence-corrected chi connectivity index (χ0v) is 10.3. The van der Waals surface area contributed by atoms with Crippen molar-refractivity contribution in [1.82, 2.24) is 20.8 Å². The average Bonchev–Trinajstić information content (AvgIpc) is 2.79. The molecular weight excluding hydrogens is 240 g/mol. The van der Waals surface area contributed by atoms with Gasteiger partial charge in [-0.05, 0) is 13.8 Å². The summed E-state index contributed by atoms with van der Waals surface area (Å²) < 4.78 is 4.54. The first-order valence-electron chi connectivity index (χ1n) is 5.42. The van der Waals surface area contributed by atoms with Gasteiger partial charge in [0.05, 0.1) is 5.41 Å². The van der Waals surface area contributed by atoms with Crippen LogP contribution in [0, 0.1) is 5.41 Å². The highest BCUT2D eigenvalue weighted by atomic mass is 16.5. The fraction of sp³-hybridized carbons (Fsp3) is 0.600. The van der Waals surface area contributed by atoms with Crippen LogP contribution in [0.15, 0.2) is 10.9 Å². The lowest BCUT2D eigenvalue weighted by atomic mass is 9.94. The fourth-order valence-corrected chi connectivity index (χ4v) is 1.03. The van der Waals surface area contributed by atoms with Crippen molar-refractivity contribution in [2.45, 2.75) is 20.3 Å². The molecule has 0 aliphatic heterocycles. The van der Waals surface area contributed by atoms with Crippen LogP contribution in [-0.2, 0) is 11.2 Å². The van der Waals surface area contributed by atoms with Crippen molar-refractivity contribution in [2.75, 3.05) is 13.1 Å². The first-order chi connectivity index (χ1) is 8.42. The summed E-state index contributed by atoms with van der Waals surface area (Å²) >= 11 is 0. The summed E-state index contributed by atoms with van der Waals surface area (Å²) in [6.45, 7) is 3.47. The van der Waals surface area contributed by atoms with Gasteiger partial charge in [0.25, 0.3) is 0 Å². The fourth-order valence-electron chi connectivity index (χ4n) is 1.03. The van der Waals surface area contributed by atoms with Gasteiger partial charge >= 0.3 is 12.0 Å². The molecule has 8 heteroatoms. The molecule has 3 N–H and O–H groups in total. The summed E-state index contributed by atoms with van der Waals surface area (Å²) in [5.74, 6) is -0.462. The largest absolute Gasteiger partial charge is 0.481 e. The Morgan fingerprint density at radius 2 is 2.17 bits per heavy atom. The molecule has 2 amide bonds. The van der Waals surface area contributed by atoms with E-state index in [1.54, 1.807) is 0 Å². The van der Waals surface area contributed by atoms with Gasteiger partial charge in [-0.3, -0.25) is 4.79 Å². The molecule has 0 bridgehead atoms. The van der Waals surface area contributed by atoms with Crippen molar-refractivity contribution in [3.63, 3.8) is 0 Å². The van der Waals surface area contributed by atoms with E-state index in [0.29, 0.717) is 18.8 Å². The number of carboxylic acids is 1. The third kappa shape index (κ3) is 4.40. The number of carbonyl (C=O) groups is 2.